The number of carbonyl (C=O) groups is 1. The number of hydrogen-bond acceptors (Lipinski definition) is 5. The van der Waals surface area contributed by atoms with E-state index in [0.29, 0.717) is 13.1 Å². The number of anilines is 2. The second-order valence-electron chi connectivity index (χ2n) is 6.20. The second-order valence-corrected chi connectivity index (χ2v) is 6.20. The summed E-state index contributed by atoms with van der Waals surface area (Å²) in [5, 5.41) is 3.40. The largest absolute Gasteiger partial charge is 0.385 e. The highest BCUT2D eigenvalue weighted by atomic mass is 35.5. The summed E-state index contributed by atoms with van der Waals surface area (Å²) >= 11 is 0. The molecular formula is C18H23Cl2N5O. The van der Waals surface area contributed by atoms with E-state index in [0.717, 1.165) is 49.5 Å². The number of piperazine rings is 1. The van der Waals surface area contributed by atoms with Crippen LogP contribution < -0.4 is 10.2 Å². The number of aromatic nitrogens is 2. The summed E-state index contributed by atoms with van der Waals surface area (Å²) in [5.74, 6) is 1.03. The molecule has 0 spiro atoms. The summed E-state index contributed by atoms with van der Waals surface area (Å²) in [7, 11) is 0. The molecule has 0 unspecified atom stereocenters. The van der Waals surface area contributed by atoms with Crippen LogP contribution in [0, 0.1) is 0 Å². The molecule has 0 saturated carbocycles. The average molecular weight is 396 g/mol. The van der Waals surface area contributed by atoms with Crippen molar-refractivity contribution < 1.29 is 4.79 Å². The Morgan fingerprint density at radius 3 is 2.62 bits per heavy atom. The lowest BCUT2D eigenvalue weighted by Crippen LogP contribution is -2.49. The van der Waals surface area contributed by atoms with Crippen molar-refractivity contribution in [1.82, 2.24) is 14.9 Å². The molecule has 140 valence electrons. The predicted molar refractivity (Wildman–Crippen MR) is 108 cm³/mol. The smallest absolute Gasteiger partial charge is 0.254 e. The van der Waals surface area contributed by atoms with Crippen LogP contribution in [0.25, 0.3) is 0 Å². The summed E-state index contributed by atoms with van der Waals surface area (Å²) in [4.78, 5) is 25.6. The third-order valence-corrected chi connectivity index (χ3v) is 4.77. The Hall–Kier alpha value is -2.05. The van der Waals surface area contributed by atoms with Crippen LogP contribution in [0.5, 0.6) is 0 Å². The van der Waals surface area contributed by atoms with Gasteiger partial charge in [-0.05, 0) is 30.5 Å². The second kappa shape index (κ2) is 9.05. The van der Waals surface area contributed by atoms with E-state index in [4.69, 9.17) is 0 Å². The standard InChI is InChI=1S/C18H21N5O.2ClH/c24-18(15-3-1-5-16-14(15)4-2-6-20-16)23-11-9-22(10-12-23)17-13-19-7-8-21-17;;/h1,3,5,7-8,13,20H,2,4,6,9-12H2;2*1H. The van der Waals surface area contributed by atoms with Gasteiger partial charge in [0.2, 0.25) is 0 Å². The van der Waals surface area contributed by atoms with Gasteiger partial charge in [-0.1, -0.05) is 6.07 Å². The topological polar surface area (TPSA) is 61.4 Å². The van der Waals surface area contributed by atoms with Crippen molar-refractivity contribution in [2.45, 2.75) is 12.8 Å². The maximum atomic E-state index is 13.0. The molecule has 1 aromatic carbocycles. The molecule has 26 heavy (non-hydrogen) atoms. The van der Waals surface area contributed by atoms with Crippen molar-refractivity contribution >= 4 is 42.2 Å². The van der Waals surface area contributed by atoms with E-state index >= 15 is 0 Å². The lowest BCUT2D eigenvalue weighted by molar-refractivity contribution is 0.0745. The highest BCUT2D eigenvalue weighted by molar-refractivity contribution is 5.97. The summed E-state index contributed by atoms with van der Waals surface area (Å²) in [6.45, 7) is 4.00. The van der Waals surface area contributed by atoms with Crippen molar-refractivity contribution in [3.05, 3.63) is 47.9 Å². The van der Waals surface area contributed by atoms with Crippen LogP contribution in [0.3, 0.4) is 0 Å². The molecule has 1 fully saturated rings. The molecule has 0 aliphatic carbocycles. The summed E-state index contributed by atoms with van der Waals surface area (Å²) < 4.78 is 0. The number of amides is 1. The van der Waals surface area contributed by atoms with Gasteiger partial charge in [0.05, 0.1) is 6.20 Å². The number of hydrogen-bond donors (Lipinski definition) is 1. The Morgan fingerprint density at radius 2 is 1.88 bits per heavy atom. The highest BCUT2D eigenvalue weighted by Gasteiger charge is 2.25. The zero-order chi connectivity index (χ0) is 16.4. The number of benzene rings is 1. The summed E-state index contributed by atoms with van der Waals surface area (Å²) in [5.41, 5.74) is 3.14. The van der Waals surface area contributed by atoms with Crippen LogP contribution in [-0.2, 0) is 6.42 Å². The first-order valence-electron chi connectivity index (χ1n) is 8.49. The minimum absolute atomic E-state index is 0. The van der Waals surface area contributed by atoms with E-state index in [9.17, 15) is 4.79 Å². The van der Waals surface area contributed by atoms with Crippen molar-refractivity contribution in [1.29, 1.82) is 0 Å². The SMILES string of the molecule is Cl.Cl.O=C(c1cccc2c1CCCN2)N1CCN(c2cnccn2)CC1. The quantitative estimate of drug-likeness (QED) is 0.846. The predicted octanol–water partition coefficient (Wildman–Crippen LogP) is 2.64. The van der Waals surface area contributed by atoms with Gasteiger partial charge in [0.15, 0.2) is 0 Å². The molecule has 1 amide bonds. The third kappa shape index (κ3) is 4.02. The van der Waals surface area contributed by atoms with Gasteiger partial charge in [0.25, 0.3) is 5.91 Å². The molecule has 1 aromatic heterocycles. The molecule has 3 heterocycles. The molecule has 2 aliphatic rings. The molecule has 1 saturated heterocycles. The Balaban J connectivity index is 0.00000121. The Morgan fingerprint density at radius 1 is 1.08 bits per heavy atom. The van der Waals surface area contributed by atoms with Crippen LogP contribution in [0.1, 0.15) is 22.3 Å². The number of carbonyl (C=O) groups excluding carboxylic acids is 1. The van der Waals surface area contributed by atoms with Crippen molar-refractivity contribution in [3.63, 3.8) is 0 Å². The van der Waals surface area contributed by atoms with Gasteiger partial charge in [-0.2, -0.15) is 0 Å². The molecule has 0 bridgehead atoms. The van der Waals surface area contributed by atoms with Crippen LogP contribution >= 0.6 is 24.8 Å². The van der Waals surface area contributed by atoms with Crippen LogP contribution in [-0.4, -0.2) is 53.5 Å². The van der Waals surface area contributed by atoms with Gasteiger partial charge in [-0.3, -0.25) is 9.78 Å². The van der Waals surface area contributed by atoms with Gasteiger partial charge in [0.1, 0.15) is 5.82 Å². The van der Waals surface area contributed by atoms with Crippen molar-refractivity contribution in [2.24, 2.45) is 0 Å². The molecular weight excluding hydrogens is 373 g/mol. The Bertz CT molecular complexity index is 736. The maximum Gasteiger partial charge on any atom is 0.254 e. The minimum atomic E-state index is 0. The molecule has 2 aliphatic heterocycles. The first-order valence-corrected chi connectivity index (χ1v) is 8.49. The monoisotopic (exact) mass is 395 g/mol. The van der Waals surface area contributed by atoms with Gasteiger partial charge in [-0.25, -0.2) is 4.98 Å². The van der Waals surface area contributed by atoms with E-state index in [1.807, 2.05) is 17.0 Å². The molecule has 8 heteroatoms. The molecule has 6 nitrogen and oxygen atoms in total. The van der Waals surface area contributed by atoms with E-state index in [2.05, 4.69) is 26.3 Å². The minimum Gasteiger partial charge on any atom is -0.385 e. The fourth-order valence-corrected chi connectivity index (χ4v) is 3.47. The molecule has 0 atom stereocenters. The zero-order valence-corrected chi connectivity index (χ0v) is 16.1. The fraction of sp³-hybridized carbons (Fsp3) is 0.389. The van der Waals surface area contributed by atoms with E-state index in [1.54, 1.807) is 18.6 Å². The average Bonchev–Trinajstić information content (AvgIpc) is 2.68. The number of nitrogens with one attached hydrogen (secondary N) is 1. The summed E-state index contributed by atoms with van der Waals surface area (Å²) in [6.07, 6.45) is 7.21. The van der Waals surface area contributed by atoms with E-state index < -0.39 is 0 Å². The normalized spacial score (nSPS) is 15.8. The number of fused-ring (bicyclic) bond motifs is 1. The highest BCUT2D eigenvalue weighted by Crippen LogP contribution is 2.26. The lowest BCUT2D eigenvalue weighted by atomic mass is 9.96. The van der Waals surface area contributed by atoms with Gasteiger partial charge in [-0.15, -0.1) is 24.8 Å². The first-order chi connectivity index (χ1) is 11.8. The third-order valence-electron chi connectivity index (χ3n) is 4.77. The number of rotatable bonds is 2. The number of nitrogens with zero attached hydrogens (tertiary/aromatic N) is 4. The molecule has 0 radical (unpaired) electrons. The van der Waals surface area contributed by atoms with Crippen molar-refractivity contribution in [2.75, 3.05) is 42.9 Å². The Labute approximate surface area is 165 Å². The lowest BCUT2D eigenvalue weighted by Gasteiger charge is -2.35. The molecule has 2 aromatic rings. The first kappa shape index (κ1) is 20.3. The van der Waals surface area contributed by atoms with Gasteiger partial charge in [0, 0.05) is 56.4 Å². The van der Waals surface area contributed by atoms with E-state index in [-0.39, 0.29) is 30.7 Å². The fourth-order valence-electron chi connectivity index (χ4n) is 3.47. The van der Waals surface area contributed by atoms with Crippen molar-refractivity contribution in [3.8, 4) is 0 Å². The van der Waals surface area contributed by atoms with Crippen LogP contribution in [0.4, 0.5) is 11.5 Å². The zero-order valence-electron chi connectivity index (χ0n) is 14.4. The van der Waals surface area contributed by atoms with E-state index in [1.165, 1.54) is 5.56 Å². The Kier molecular flexibility index (Phi) is 7.06. The number of halogens is 2. The van der Waals surface area contributed by atoms with Gasteiger partial charge < -0.3 is 15.1 Å². The maximum absolute atomic E-state index is 13.0. The van der Waals surface area contributed by atoms with Crippen LogP contribution in [0.2, 0.25) is 0 Å². The van der Waals surface area contributed by atoms with Gasteiger partial charge >= 0.3 is 0 Å². The summed E-state index contributed by atoms with van der Waals surface area (Å²) in [6, 6.07) is 6.00. The molecule has 1 N–H and O–H groups in total. The van der Waals surface area contributed by atoms with Crippen LogP contribution in [0.15, 0.2) is 36.8 Å². The molecule has 4 rings (SSSR count).